The van der Waals surface area contributed by atoms with Gasteiger partial charge in [0.2, 0.25) is 10.0 Å². The molecule has 1 heterocycles. The van der Waals surface area contributed by atoms with Gasteiger partial charge in [0.05, 0.1) is 4.90 Å². The van der Waals surface area contributed by atoms with E-state index in [-0.39, 0.29) is 4.90 Å². The van der Waals surface area contributed by atoms with Crippen LogP contribution in [0.3, 0.4) is 0 Å². The van der Waals surface area contributed by atoms with E-state index in [2.05, 4.69) is 25.6 Å². The van der Waals surface area contributed by atoms with Gasteiger partial charge in [-0.15, -0.1) is 0 Å². The molecular weight excluding hydrogens is 364 g/mol. The molecule has 3 aromatic rings. The van der Waals surface area contributed by atoms with Crippen LogP contribution in [0.2, 0.25) is 0 Å². The van der Waals surface area contributed by atoms with E-state index in [1.807, 2.05) is 30.5 Å². The van der Waals surface area contributed by atoms with Crippen LogP contribution in [0.5, 0.6) is 0 Å². The first-order valence-electron chi connectivity index (χ1n) is 6.86. The Bertz CT molecular complexity index is 903. The Labute approximate surface area is 137 Å². The predicted octanol–water partition coefficient (Wildman–Crippen LogP) is 3.45. The van der Waals surface area contributed by atoms with Crippen LogP contribution in [0.15, 0.2) is 64.1 Å². The number of aromatic amines is 1. The van der Waals surface area contributed by atoms with Crippen molar-refractivity contribution in [1.82, 2.24) is 9.71 Å². The molecule has 2 aromatic carbocycles. The average Bonchev–Trinajstić information content (AvgIpc) is 2.91. The van der Waals surface area contributed by atoms with Gasteiger partial charge >= 0.3 is 0 Å². The monoisotopic (exact) mass is 378 g/mol. The molecule has 0 amide bonds. The van der Waals surface area contributed by atoms with Gasteiger partial charge in [-0.2, -0.15) is 0 Å². The van der Waals surface area contributed by atoms with Crippen LogP contribution < -0.4 is 4.72 Å². The smallest absolute Gasteiger partial charge is 0.240 e. The molecule has 0 aliphatic heterocycles. The highest BCUT2D eigenvalue weighted by atomic mass is 79.9. The van der Waals surface area contributed by atoms with Crippen LogP contribution in [0.25, 0.3) is 10.9 Å². The van der Waals surface area contributed by atoms with Crippen molar-refractivity contribution < 1.29 is 8.42 Å². The molecule has 0 unspecified atom stereocenters. The number of benzene rings is 2. The number of fused-ring (bicyclic) bond motifs is 1. The van der Waals surface area contributed by atoms with E-state index in [0.717, 1.165) is 20.9 Å². The first kappa shape index (κ1) is 15.3. The molecule has 0 bridgehead atoms. The van der Waals surface area contributed by atoms with Crippen LogP contribution in [0.4, 0.5) is 0 Å². The second-order valence-electron chi connectivity index (χ2n) is 4.96. The maximum atomic E-state index is 12.2. The maximum Gasteiger partial charge on any atom is 0.240 e. The Hall–Kier alpha value is -1.63. The van der Waals surface area contributed by atoms with Gasteiger partial charge in [-0.3, -0.25) is 0 Å². The first-order chi connectivity index (χ1) is 10.6. The number of nitrogens with one attached hydrogen (secondary N) is 2. The lowest BCUT2D eigenvalue weighted by atomic mass is 10.1. The summed E-state index contributed by atoms with van der Waals surface area (Å²) in [6.07, 6.45) is 2.56. The Kier molecular flexibility index (Phi) is 4.33. The second-order valence-corrected chi connectivity index (χ2v) is 7.65. The van der Waals surface area contributed by atoms with E-state index in [9.17, 15) is 8.42 Å². The lowest BCUT2D eigenvalue weighted by molar-refractivity contribution is 0.581. The summed E-state index contributed by atoms with van der Waals surface area (Å²) in [5.41, 5.74) is 2.17. The van der Waals surface area contributed by atoms with Gasteiger partial charge in [0.25, 0.3) is 0 Å². The fourth-order valence-electron chi connectivity index (χ4n) is 2.38. The largest absolute Gasteiger partial charge is 0.361 e. The zero-order valence-electron chi connectivity index (χ0n) is 11.7. The molecule has 0 spiro atoms. The number of hydrogen-bond donors (Lipinski definition) is 2. The van der Waals surface area contributed by atoms with Gasteiger partial charge in [-0.1, -0.05) is 40.2 Å². The maximum absolute atomic E-state index is 12.2. The molecule has 0 aliphatic carbocycles. The molecule has 4 nitrogen and oxygen atoms in total. The molecule has 0 radical (unpaired) electrons. The molecule has 0 atom stereocenters. The van der Waals surface area contributed by atoms with Gasteiger partial charge in [0.1, 0.15) is 0 Å². The molecule has 2 N–H and O–H groups in total. The van der Waals surface area contributed by atoms with Crippen LogP contribution in [0, 0.1) is 0 Å². The Morgan fingerprint density at radius 2 is 1.91 bits per heavy atom. The van der Waals surface area contributed by atoms with Crippen molar-refractivity contribution in [3.63, 3.8) is 0 Å². The molecule has 0 fully saturated rings. The topological polar surface area (TPSA) is 62.0 Å². The van der Waals surface area contributed by atoms with Crippen LogP contribution >= 0.6 is 15.9 Å². The standard InChI is InChI=1S/C16H15BrN2O2S/c17-13-4-3-5-14(10-13)22(20,21)19-9-8-12-11-18-16-7-2-1-6-15(12)16/h1-7,10-11,18-19H,8-9H2. The van der Waals surface area contributed by atoms with Crippen molar-refractivity contribution >= 4 is 36.9 Å². The van der Waals surface area contributed by atoms with E-state index in [1.165, 1.54) is 0 Å². The number of aromatic nitrogens is 1. The van der Waals surface area contributed by atoms with Crippen molar-refractivity contribution in [3.8, 4) is 0 Å². The summed E-state index contributed by atoms with van der Waals surface area (Å²) < 4.78 is 27.9. The molecule has 114 valence electrons. The third-order valence-electron chi connectivity index (χ3n) is 3.47. The number of halogens is 1. The summed E-state index contributed by atoms with van der Waals surface area (Å²) in [6.45, 7) is 0.358. The van der Waals surface area contributed by atoms with Crippen LogP contribution in [-0.4, -0.2) is 19.9 Å². The quantitative estimate of drug-likeness (QED) is 0.713. The molecule has 0 saturated carbocycles. The van der Waals surface area contributed by atoms with E-state index in [0.29, 0.717) is 13.0 Å². The summed E-state index contributed by atoms with van der Waals surface area (Å²) in [5.74, 6) is 0. The third-order valence-corrected chi connectivity index (χ3v) is 5.42. The highest BCUT2D eigenvalue weighted by molar-refractivity contribution is 9.10. The first-order valence-corrected chi connectivity index (χ1v) is 9.14. The van der Waals surface area contributed by atoms with E-state index in [4.69, 9.17) is 0 Å². The Morgan fingerprint density at radius 3 is 2.73 bits per heavy atom. The van der Waals surface area contributed by atoms with Gasteiger partial charge in [-0.25, -0.2) is 13.1 Å². The summed E-state index contributed by atoms with van der Waals surface area (Å²) in [5, 5.41) is 1.13. The van der Waals surface area contributed by atoms with Gasteiger partial charge < -0.3 is 4.98 Å². The van der Waals surface area contributed by atoms with Gasteiger partial charge in [-0.05, 0) is 36.2 Å². The minimum absolute atomic E-state index is 0.265. The number of rotatable bonds is 5. The number of sulfonamides is 1. The number of para-hydroxylation sites is 1. The van der Waals surface area contributed by atoms with Crippen molar-refractivity contribution in [2.24, 2.45) is 0 Å². The van der Waals surface area contributed by atoms with Crippen molar-refractivity contribution in [2.45, 2.75) is 11.3 Å². The normalized spacial score (nSPS) is 11.9. The molecular formula is C16H15BrN2O2S. The number of H-pyrrole nitrogens is 1. The summed E-state index contributed by atoms with van der Waals surface area (Å²) in [7, 11) is -3.48. The summed E-state index contributed by atoms with van der Waals surface area (Å²) in [6, 6.07) is 14.7. The molecule has 1 aromatic heterocycles. The second kappa shape index (κ2) is 6.24. The van der Waals surface area contributed by atoms with E-state index >= 15 is 0 Å². The van der Waals surface area contributed by atoms with Crippen LogP contribution in [-0.2, 0) is 16.4 Å². The third kappa shape index (κ3) is 3.24. The molecule has 22 heavy (non-hydrogen) atoms. The molecule has 0 aliphatic rings. The lowest BCUT2D eigenvalue weighted by Gasteiger charge is -2.07. The minimum atomic E-state index is -3.48. The minimum Gasteiger partial charge on any atom is -0.361 e. The molecule has 3 rings (SSSR count). The Balaban J connectivity index is 1.70. The van der Waals surface area contributed by atoms with Crippen molar-refractivity contribution in [2.75, 3.05) is 6.54 Å². The number of hydrogen-bond acceptors (Lipinski definition) is 2. The van der Waals surface area contributed by atoms with E-state index < -0.39 is 10.0 Å². The highest BCUT2D eigenvalue weighted by Gasteiger charge is 2.13. The van der Waals surface area contributed by atoms with Crippen molar-refractivity contribution in [1.29, 1.82) is 0 Å². The van der Waals surface area contributed by atoms with Crippen molar-refractivity contribution in [3.05, 3.63) is 64.8 Å². The van der Waals surface area contributed by atoms with Gasteiger partial charge in [0.15, 0.2) is 0 Å². The highest BCUT2D eigenvalue weighted by Crippen LogP contribution is 2.18. The van der Waals surface area contributed by atoms with Gasteiger partial charge in [0, 0.05) is 28.1 Å². The zero-order chi connectivity index (χ0) is 15.6. The van der Waals surface area contributed by atoms with Crippen LogP contribution in [0.1, 0.15) is 5.56 Å². The zero-order valence-corrected chi connectivity index (χ0v) is 14.1. The predicted molar refractivity (Wildman–Crippen MR) is 91.3 cm³/mol. The lowest BCUT2D eigenvalue weighted by Crippen LogP contribution is -2.25. The summed E-state index contributed by atoms with van der Waals surface area (Å²) >= 11 is 3.29. The fourth-order valence-corrected chi connectivity index (χ4v) is 4.00. The fraction of sp³-hybridized carbons (Fsp3) is 0.125. The van der Waals surface area contributed by atoms with E-state index in [1.54, 1.807) is 24.3 Å². The molecule has 6 heteroatoms. The Morgan fingerprint density at radius 1 is 1.09 bits per heavy atom. The molecule has 0 saturated heterocycles. The SMILES string of the molecule is O=S(=O)(NCCc1c[nH]c2ccccc12)c1cccc(Br)c1. The average molecular weight is 379 g/mol. The summed E-state index contributed by atoms with van der Waals surface area (Å²) in [4.78, 5) is 3.46.